The van der Waals surface area contributed by atoms with Crippen molar-refractivity contribution in [1.82, 2.24) is 9.78 Å². The lowest BCUT2D eigenvalue weighted by Gasteiger charge is -2.11. The van der Waals surface area contributed by atoms with Gasteiger partial charge in [-0.05, 0) is 32.3 Å². The number of aliphatic hydroxyl groups excluding tert-OH is 1. The number of hydrogen-bond acceptors (Lipinski definition) is 3. The van der Waals surface area contributed by atoms with Gasteiger partial charge in [-0.15, -0.1) is 0 Å². The van der Waals surface area contributed by atoms with Crippen LogP contribution in [-0.4, -0.2) is 34.7 Å². The Balaban J connectivity index is 2.51. The minimum Gasteiger partial charge on any atom is -0.393 e. The number of aryl methyl sites for hydroxylation is 2. The summed E-state index contributed by atoms with van der Waals surface area (Å²) in [5, 5.41) is 14.4. The fourth-order valence-corrected chi connectivity index (χ4v) is 1.93. The van der Waals surface area contributed by atoms with E-state index in [0.717, 1.165) is 37.2 Å². The van der Waals surface area contributed by atoms with Crippen molar-refractivity contribution in [1.29, 1.82) is 0 Å². The molecule has 1 atom stereocenters. The summed E-state index contributed by atoms with van der Waals surface area (Å²) in [6.45, 7) is 5.75. The number of methoxy groups -OCH3 is 1. The summed E-state index contributed by atoms with van der Waals surface area (Å²) in [5.74, 6) is 0. The molecule has 1 unspecified atom stereocenters. The Morgan fingerprint density at radius 3 is 2.82 bits per heavy atom. The van der Waals surface area contributed by atoms with Crippen molar-refractivity contribution in [2.45, 2.75) is 52.2 Å². The highest BCUT2D eigenvalue weighted by atomic mass is 16.5. The van der Waals surface area contributed by atoms with E-state index in [1.807, 2.05) is 4.68 Å². The summed E-state index contributed by atoms with van der Waals surface area (Å²) in [6, 6.07) is 2.10. The van der Waals surface area contributed by atoms with Crippen LogP contribution in [0.15, 0.2) is 6.07 Å². The van der Waals surface area contributed by atoms with Gasteiger partial charge in [0.15, 0.2) is 0 Å². The molecule has 0 aliphatic carbocycles. The average molecular weight is 240 g/mol. The zero-order chi connectivity index (χ0) is 12.7. The van der Waals surface area contributed by atoms with Crippen LogP contribution < -0.4 is 0 Å². The van der Waals surface area contributed by atoms with E-state index in [0.29, 0.717) is 13.0 Å². The predicted octanol–water partition coefficient (Wildman–Crippen LogP) is 1.80. The van der Waals surface area contributed by atoms with Crippen molar-refractivity contribution >= 4 is 0 Å². The quantitative estimate of drug-likeness (QED) is 0.705. The van der Waals surface area contributed by atoms with Gasteiger partial charge in [-0.1, -0.05) is 6.92 Å². The van der Waals surface area contributed by atoms with Gasteiger partial charge in [0, 0.05) is 32.4 Å². The molecular weight excluding hydrogens is 216 g/mol. The first-order chi connectivity index (χ1) is 8.21. The number of hydrogen-bond donors (Lipinski definition) is 1. The van der Waals surface area contributed by atoms with Gasteiger partial charge < -0.3 is 9.84 Å². The molecule has 98 valence electrons. The van der Waals surface area contributed by atoms with Crippen LogP contribution in [0.2, 0.25) is 0 Å². The molecular formula is C13H24N2O2. The van der Waals surface area contributed by atoms with Crippen molar-refractivity contribution in [3.05, 3.63) is 17.5 Å². The van der Waals surface area contributed by atoms with E-state index in [1.165, 1.54) is 0 Å². The molecule has 4 heteroatoms. The molecule has 0 aliphatic rings. The third-order valence-corrected chi connectivity index (χ3v) is 2.91. The van der Waals surface area contributed by atoms with Crippen molar-refractivity contribution in [3.63, 3.8) is 0 Å². The topological polar surface area (TPSA) is 47.3 Å². The number of nitrogens with zero attached hydrogens (tertiary/aromatic N) is 2. The molecule has 1 aromatic rings. The van der Waals surface area contributed by atoms with E-state index < -0.39 is 0 Å². The highest BCUT2D eigenvalue weighted by molar-refractivity contribution is 5.11. The standard InChI is InChI=1S/C13H24N2O2/c1-4-11-9-12(15(5-2)14-11)10-13(16)7-6-8-17-3/h9,13,16H,4-8,10H2,1-3H3. The summed E-state index contributed by atoms with van der Waals surface area (Å²) in [4.78, 5) is 0. The van der Waals surface area contributed by atoms with Gasteiger partial charge in [-0.3, -0.25) is 4.68 Å². The van der Waals surface area contributed by atoms with Crippen LogP contribution in [0.3, 0.4) is 0 Å². The third-order valence-electron chi connectivity index (χ3n) is 2.91. The third kappa shape index (κ3) is 4.48. The first-order valence-electron chi connectivity index (χ1n) is 6.43. The average Bonchev–Trinajstić information content (AvgIpc) is 2.71. The molecule has 0 saturated heterocycles. The Morgan fingerprint density at radius 2 is 2.24 bits per heavy atom. The summed E-state index contributed by atoms with van der Waals surface area (Å²) in [6.07, 6.45) is 3.02. The van der Waals surface area contributed by atoms with Gasteiger partial charge in [0.1, 0.15) is 0 Å². The maximum Gasteiger partial charge on any atom is 0.0624 e. The minimum atomic E-state index is -0.295. The monoisotopic (exact) mass is 240 g/mol. The summed E-state index contributed by atoms with van der Waals surface area (Å²) >= 11 is 0. The Morgan fingerprint density at radius 1 is 1.47 bits per heavy atom. The van der Waals surface area contributed by atoms with E-state index in [-0.39, 0.29) is 6.10 Å². The maximum absolute atomic E-state index is 9.93. The van der Waals surface area contributed by atoms with E-state index >= 15 is 0 Å². The van der Waals surface area contributed by atoms with Crippen molar-refractivity contribution in [2.24, 2.45) is 0 Å². The van der Waals surface area contributed by atoms with Crippen LogP contribution in [0.4, 0.5) is 0 Å². The molecule has 1 N–H and O–H groups in total. The van der Waals surface area contributed by atoms with Gasteiger partial charge in [0.2, 0.25) is 0 Å². The molecule has 0 bridgehead atoms. The first kappa shape index (κ1) is 14.2. The Hall–Kier alpha value is -0.870. The molecule has 0 aliphatic heterocycles. The molecule has 1 aromatic heterocycles. The molecule has 0 saturated carbocycles. The second kappa shape index (κ2) is 7.45. The van der Waals surface area contributed by atoms with Crippen LogP contribution in [0.1, 0.15) is 38.1 Å². The van der Waals surface area contributed by atoms with Crippen molar-refractivity contribution in [2.75, 3.05) is 13.7 Å². The summed E-state index contributed by atoms with van der Waals surface area (Å²) < 4.78 is 6.96. The smallest absolute Gasteiger partial charge is 0.0624 e. The van der Waals surface area contributed by atoms with Crippen LogP contribution in [0.5, 0.6) is 0 Å². The Kier molecular flexibility index (Phi) is 6.22. The lowest BCUT2D eigenvalue weighted by atomic mass is 10.1. The van der Waals surface area contributed by atoms with Crippen LogP contribution >= 0.6 is 0 Å². The molecule has 0 aromatic carbocycles. The highest BCUT2D eigenvalue weighted by Gasteiger charge is 2.11. The number of rotatable bonds is 8. The van der Waals surface area contributed by atoms with Crippen LogP contribution in [0, 0.1) is 0 Å². The molecule has 0 amide bonds. The fraction of sp³-hybridized carbons (Fsp3) is 0.769. The molecule has 17 heavy (non-hydrogen) atoms. The van der Waals surface area contributed by atoms with Crippen molar-refractivity contribution in [3.8, 4) is 0 Å². The molecule has 1 heterocycles. The Labute approximate surface area is 104 Å². The molecule has 0 fully saturated rings. The van der Waals surface area contributed by atoms with Gasteiger partial charge in [-0.25, -0.2) is 0 Å². The summed E-state index contributed by atoms with van der Waals surface area (Å²) in [5.41, 5.74) is 2.24. The number of aliphatic hydroxyl groups is 1. The zero-order valence-electron chi connectivity index (χ0n) is 11.1. The Bertz CT molecular complexity index is 323. The van der Waals surface area contributed by atoms with Gasteiger partial charge in [-0.2, -0.15) is 5.10 Å². The zero-order valence-corrected chi connectivity index (χ0v) is 11.1. The van der Waals surface area contributed by atoms with Gasteiger partial charge in [0.25, 0.3) is 0 Å². The first-order valence-corrected chi connectivity index (χ1v) is 6.43. The number of aromatic nitrogens is 2. The second-order valence-corrected chi connectivity index (χ2v) is 4.29. The second-order valence-electron chi connectivity index (χ2n) is 4.29. The fourth-order valence-electron chi connectivity index (χ4n) is 1.93. The lowest BCUT2D eigenvalue weighted by Crippen LogP contribution is -2.14. The van der Waals surface area contributed by atoms with Crippen LogP contribution in [-0.2, 0) is 24.1 Å². The molecule has 1 rings (SSSR count). The highest BCUT2D eigenvalue weighted by Crippen LogP contribution is 2.11. The number of ether oxygens (including phenoxy) is 1. The van der Waals surface area contributed by atoms with E-state index in [1.54, 1.807) is 7.11 Å². The predicted molar refractivity (Wildman–Crippen MR) is 68.1 cm³/mol. The van der Waals surface area contributed by atoms with Crippen molar-refractivity contribution < 1.29 is 9.84 Å². The molecule has 0 radical (unpaired) electrons. The van der Waals surface area contributed by atoms with E-state index in [9.17, 15) is 5.11 Å². The van der Waals surface area contributed by atoms with E-state index in [4.69, 9.17) is 4.74 Å². The van der Waals surface area contributed by atoms with Gasteiger partial charge >= 0.3 is 0 Å². The largest absolute Gasteiger partial charge is 0.393 e. The maximum atomic E-state index is 9.93. The van der Waals surface area contributed by atoms with Gasteiger partial charge in [0.05, 0.1) is 11.8 Å². The molecule has 0 spiro atoms. The van der Waals surface area contributed by atoms with Crippen LogP contribution in [0.25, 0.3) is 0 Å². The van der Waals surface area contributed by atoms with E-state index in [2.05, 4.69) is 25.0 Å². The normalized spacial score (nSPS) is 12.9. The summed E-state index contributed by atoms with van der Waals surface area (Å²) in [7, 11) is 1.69. The molecule has 4 nitrogen and oxygen atoms in total. The SMILES string of the molecule is CCc1cc(CC(O)CCCOC)n(CC)n1. The lowest BCUT2D eigenvalue weighted by molar-refractivity contribution is 0.133. The minimum absolute atomic E-state index is 0.295.